The number of ether oxygens (including phenoxy) is 2. The number of likely N-dealkylation sites (N-methyl/N-ethyl adjacent to an activating group) is 1. The Morgan fingerprint density at radius 2 is 1.95 bits per heavy atom. The molecule has 1 aliphatic carbocycles. The van der Waals surface area contributed by atoms with Gasteiger partial charge in [-0.3, -0.25) is 0 Å². The molecule has 0 aromatic heterocycles. The fourth-order valence-electron chi connectivity index (χ4n) is 6.30. The Labute approximate surface area is 226 Å². The minimum atomic E-state index is -1.58. The summed E-state index contributed by atoms with van der Waals surface area (Å²) in [6.45, 7) is 2.05. The van der Waals surface area contributed by atoms with E-state index in [1.165, 1.54) is 12.1 Å². The minimum Gasteiger partial charge on any atom is -0.385 e. The summed E-state index contributed by atoms with van der Waals surface area (Å²) in [7, 11) is 5.27. The maximum atomic E-state index is 14.9. The van der Waals surface area contributed by atoms with Crippen LogP contribution in [0.2, 0.25) is 0 Å². The first-order valence-corrected chi connectivity index (χ1v) is 14.2. The van der Waals surface area contributed by atoms with E-state index in [0.717, 1.165) is 38.2 Å². The molecule has 3 rings (SSSR count). The fourth-order valence-corrected chi connectivity index (χ4v) is 6.30. The van der Waals surface area contributed by atoms with Crippen molar-refractivity contribution in [1.29, 1.82) is 0 Å². The van der Waals surface area contributed by atoms with Gasteiger partial charge in [0.1, 0.15) is 0 Å². The summed E-state index contributed by atoms with van der Waals surface area (Å²) in [5.41, 5.74) is -1.61. The number of benzene rings is 1. The number of methoxy groups -OCH3 is 2. The minimum absolute atomic E-state index is 0.00874. The Morgan fingerprint density at radius 3 is 2.63 bits per heavy atom. The Bertz CT molecular complexity index is 868. The molecule has 1 aromatic rings. The zero-order valence-electron chi connectivity index (χ0n) is 23.3. The van der Waals surface area contributed by atoms with Crippen LogP contribution in [-0.2, 0) is 15.1 Å². The molecule has 3 N–H and O–H groups in total. The molecule has 1 aromatic carbocycles. The summed E-state index contributed by atoms with van der Waals surface area (Å²) in [6, 6.07) is 3.79. The van der Waals surface area contributed by atoms with Crippen LogP contribution in [0.25, 0.3) is 0 Å². The van der Waals surface area contributed by atoms with E-state index in [2.05, 4.69) is 10.6 Å². The number of piperidine rings is 1. The molecule has 1 heterocycles. The quantitative estimate of drug-likeness (QED) is 0.320. The van der Waals surface area contributed by atoms with Crippen molar-refractivity contribution in [1.82, 2.24) is 15.5 Å². The van der Waals surface area contributed by atoms with Crippen molar-refractivity contribution < 1.29 is 28.2 Å². The molecule has 2 aliphatic rings. The first kappa shape index (κ1) is 30.7. The number of amides is 2. The number of halogens is 2. The first-order valence-electron chi connectivity index (χ1n) is 14.2. The van der Waals surface area contributed by atoms with Gasteiger partial charge in [0.05, 0.1) is 11.7 Å². The van der Waals surface area contributed by atoms with Crippen molar-refractivity contribution in [2.24, 2.45) is 11.8 Å². The molecule has 1 unspecified atom stereocenters. The smallest absolute Gasteiger partial charge is 0.317 e. The molecule has 0 spiro atoms. The average Bonchev–Trinajstić information content (AvgIpc) is 2.93. The Hall–Kier alpha value is -1.81. The van der Waals surface area contributed by atoms with Gasteiger partial charge in [-0.2, -0.15) is 0 Å². The second-order valence-corrected chi connectivity index (χ2v) is 11.1. The van der Waals surface area contributed by atoms with Crippen molar-refractivity contribution in [3.8, 4) is 0 Å². The number of unbranched alkanes of at least 4 members (excludes halogenated alkanes) is 1. The molecule has 1 saturated carbocycles. The third kappa shape index (κ3) is 8.10. The molecule has 38 heavy (non-hydrogen) atoms. The van der Waals surface area contributed by atoms with Gasteiger partial charge >= 0.3 is 6.03 Å². The van der Waals surface area contributed by atoms with Crippen LogP contribution in [0.5, 0.6) is 0 Å². The van der Waals surface area contributed by atoms with Gasteiger partial charge in [0.25, 0.3) is 0 Å². The Balaban J connectivity index is 1.69. The van der Waals surface area contributed by atoms with Crippen LogP contribution in [0.15, 0.2) is 18.2 Å². The summed E-state index contributed by atoms with van der Waals surface area (Å²) < 4.78 is 39.8. The van der Waals surface area contributed by atoms with Gasteiger partial charge in [-0.1, -0.05) is 12.1 Å². The number of nitrogens with zero attached hydrogens (tertiary/aromatic N) is 1. The first-order chi connectivity index (χ1) is 18.3. The predicted octanol–water partition coefficient (Wildman–Crippen LogP) is 4.57. The van der Waals surface area contributed by atoms with Crippen molar-refractivity contribution >= 4 is 6.03 Å². The molecule has 216 valence electrons. The average molecular weight is 540 g/mol. The van der Waals surface area contributed by atoms with Crippen LogP contribution in [0.4, 0.5) is 13.6 Å². The molecule has 0 bridgehead atoms. The highest BCUT2D eigenvalue weighted by Gasteiger charge is 2.43. The highest BCUT2D eigenvalue weighted by atomic mass is 19.2. The number of carbonyl (C=O) groups excluding carboxylic acids is 1. The van der Waals surface area contributed by atoms with Crippen LogP contribution < -0.4 is 10.6 Å². The van der Waals surface area contributed by atoms with Crippen molar-refractivity contribution in [2.45, 2.75) is 82.0 Å². The third-order valence-electron chi connectivity index (χ3n) is 8.48. The number of nitrogens with one attached hydrogen (secondary N) is 2. The Morgan fingerprint density at radius 1 is 1.18 bits per heavy atom. The Kier molecular flexibility index (Phi) is 12.2. The van der Waals surface area contributed by atoms with Crippen molar-refractivity contribution in [3.63, 3.8) is 0 Å². The normalized spacial score (nSPS) is 24.6. The number of hydrogen-bond donors (Lipinski definition) is 3. The maximum Gasteiger partial charge on any atom is 0.317 e. The predicted molar refractivity (Wildman–Crippen MR) is 144 cm³/mol. The summed E-state index contributed by atoms with van der Waals surface area (Å²) in [6.07, 6.45) is 8.40. The largest absolute Gasteiger partial charge is 0.385 e. The van der Waals surface area contributed by atoms with Crippen molar-refractivity contribution in [3.05, 3.63) is 35.4 Å². The van der Waals surface area contributed by atoms with E-state index in [4.69, 9.17) is 9.47 Å². The molecule has 1 aliphatic heterocycles. The van der Waals surface area contributed by atoms with E-state index >= 15 is 0 Å². The van der Waals surface area contributed by atoms with Gasteiger partial charge in [0.15, 0.2) is 11.6 Å². The number of urea groups is 1. The van der Waals surface area contributed by atoms with Crippen LogP contribution in [0, 0.1) is 23.5 Å². The lowest BCUT2D eigenvalue weighted by Gasteiger charge is -2.43. The summed E-state index contributed by atoms with van der Waals surface area (Å²) in [4.78, 5) is 15.1. The van der Waals surface area contributed by atoms with Gasteiger partial charge in [0, 0.05) is 58.0 Å². The molecule has 9 heteroatoms. The van der Waals surface area contributed by atoms with Crippen LogP contribution in [0.1, 0.15) is 69.8 Å². The lowest BCUT2D eigenvalue weighted by atomic mass is 9.74. The lowest BCUT2D eigenvalue weighted by Crippen LogP contribution is -2.54. The second-order valence-electron chi connectivity index (χ2n) is 11.1. The number of aliphatic hydroxyl groups is 1. The molecule has 3 atom stereocenters. The van der Waals surface area contributed by atoms with Gasteiger partial charge in [-0.05, 0) is 83.2 Å². The number of likely N-dealkylation sites (tertiary alicyclic amines) is 1. The van der Waals surface area contributed by atoms with E-state index < -0.39 is 23.2 Å². The van der Waals surface area contributed by atoms with Crippen molar-refractivity contribution in [2.75, 3.05) is 47.5 Å². The molecule has 0 radical (unpaired) electrons. The zero-order chi connectivity index (χ0) is 27.5. The molecule has 2 amide bonds. The van der Waals surface area contributed by atoms with Crippen LogP contribution >= 0.6 is 0 Å². The lowest BCUT2D eigenvalue weighted by molar-refractivity contribution is -0.0591. The molecule has 1 saturated heterocycles. The zero-order valence-corrected chi connectivity index (χ0v) is 23.3. The third-order valence-corrected chi connectivity index (χ3v) is 8.48. The standard InChI is InChI=1S/C29H47F2N3O4/c1-32-19-23(18-21-11-13-24(38-3)14-12-21)33-28(35)34-16-7-8-22(20-34)29(36,15-4-5-17-37-2)25-9-6-10-26(30)27(25)31/h6,9-10,21-24,32,36H,4-5,7-8,11-20H2,1-3H3,(H,33,35)/t21?,22-,23?,24?,29+/m1/s1. The second kappa shape index (κ2) is 15.1. The summed E-state index contributed by atoms with van der Waals surface area (Å²) in [5.74, 6) is -1.85. The number of carbonyl (C=O) groups is 1. The highest BCUT2D eigenvalue weighted by molar-refractivity contribution is 5.74. The fraction of sp³-hybridized carbons (Fsp3) is 0.759. The van der Waals surface area contributed by atoms with E-state index in [9.17, 15) is 18.7 Å². The maximum absolute atomic E-state index is 14.9. The van der Waals surface area contributed by atoms with E-state index in [1.54, 1.807) is 19.1 Å². The monoisotopic (exact) mass is 539 g/mol. The molecular weight excluding hydrogens is 492 g/mol. The van der Waals surface area contributed by atoms with E-state index in [1.807, 2.05) is 7.05 Å². The van der Waals surface area contributed by atoms with Crippen LogP contribution in [-0.4, -0.2) is 75.7 Å². The topological polar surface area (TPSA) is 83.1 Å². The van der Waals surface area contributed by atoms with E-state index in [-0.39, 0.29) is 30.6 Å². The number of hydrogen-bond acceptors (Lipinski definition) is 5. The SMILES string of the molecule is CNCC(CC1CCC(OC)CC1)NC(=O)N1CCC[C@@H]([C@@](O)(CCCCOC)c2cccc(F)c2F)C1. The van der Waals surface area contributed by atoms with Crippen LogP contribution in [0.3, 0.4) is 0 Å². The highest BCUT2D eigenvalue weighted by Crippen LogP contribution is 2.41. The van der Waals surface area contributed by atoms with Gasteiger partial charge in [-0.25, -0.2) is 13.6 Å². The number of rotatable bonds is 13. The van der Waals surface area contributed by atoms with Gasteiger partial charge in [-0.15, -0.1) is 0 Å². The van der Waals surface area contributed by atoms with Gasteiger partial charge < -0.3 is 30.1 Å². The summed E-state index contributed by atoms with van der Waals surface area (Å²) >= 11 is 0. The molecule has 2 fully saturated rings. The molecular formula is C29H47F2N3O4. The summed E-state index contributed by atoms with van der Waals surface area (Å²) in [5, 5.41) is 18.3. The van der Waals surface area contributed by atoms with Gasteiger partial charge in [0.2, 0.25) is 0 Å². The van der Waals surface area contributed by atoms with E-state index in [0.29, 0.717) is 57.4 Å². The molecule has 7 nitrogen and oxygen atoms in total.